The number of carboxylic acid groups (broad SMARTS) is 1. The Morgan fingerprint density at radius 2 is 2.00 bits per heavy atom. The van der Waals surface area contributed by atoms with Gasteiger partial charge in [0.1, 0.15) is 11.9 Å². The third-order valence-corrected chi connectivity index (χ3v) is 2.96. The molecule has 0 saturated carbocycles. The van der Waals surface area contributed by atoms with Crippen LogP contribution in [-0.4, -0.2) is 47.0 Å². The van der Waals surface area contributed by atoms with E-state index in [2.05, 4.69) is 20.9 Å². The van der Waals surface area contributed by atoms with Crippen molar-refractivity contribution in [3.8, 4) is 0 Å². The van der Waals surface area contributed by atoms with Crippen LogP contribution in [0.4, 0.5) is 5.82 Å². The molecular formula is C15H22N4O4. The molecule has 0 radical (unpaired) electrons. The molecule has 1 aromatic heterocycles. The molecule has 1 aromatic rings. The summed E-state index contributed by atoms with van der Waals surface area (Å²) in [5.74, 6) is -0.860. The molecule has 0 bridgehead atoms. The van der Waals surface area contributed by atoms with E-state index in [-0.39, 0.29) is 25.3 Å². The van der Waals surface area contributed by atoms with Gasteiger partial charge in [-0.3, -0.25) is 14.4 Å². The highest BCUT2D eigenvalue weighted by molar-refractivity contribution is 5.87. The van der Waals surface area contributed by atoms with Crippen LogP contribution in [0.15, 0.2) is 24.4 Å². The number of hydrogen-bond acceptors (Lipinski definition) is 5. The summed E-state index contributed by atoms with van der Waals surface area (Å²) in [6.45, 7) is 2.20. The molecule has 8 nitrogen and oxygen atoms in total. The zero-order valence-electron chi connectivity index (χ0n) is 13.0. The lowest BCUT2D eigenvalue weighted by atomic mass is 10.2. The highest BCUT2D eigenvalue weighted by atomic mass is 16.4. The van der Waals surface area contributed by atoms with E-state index in [4.69, 9.17) is 5.11 Å². The fourth-order valence-electron chi connectivity index (χ4n) is 1.76. The van der Waals surface area contributed by atoms with Gasteiger partial charge in [0.05, 0.1) is 6.42 Å². The van der Waals surface area contributed by atoms with Gasteiger partial charge in [0.25, 0.3) is 0 Å². The first-order valence-electron chi connectivity index (χ1n) is 7.43. The van der Waals surface area contributed by atoms with Gasteiger partial charge >= 0.3 is 5.97 Å². The number of pyridine rings is 1. The number of aromatic nitrogens is 1. The molecule has 0 aliphatic carbocycles. The lowest BCUT2D eigenvalue weighted by molar-refractivity contribution is -0.137. The van der Waals surface area contributed by atoms with Gasteiger partial charge in [-0.25, -0.2) is 4.98 Å². The Morgan fingerprint density at radius 3 is 2.65 bits per heavy atom. The van der Waals surface area contributed by atoms with Crippen LogP contribution >= 0.6 is 0 Å². The monoisotopic (exact) mass is 322 g/mol. The number of rotatable bonds is 10. The predicted octanol–water partition coefficient (Wildman–Crippen LogP) is 0.369. The molecule has 0 unspecified atom stereocenters. The first-order valence-corrected chi connectivity index (χ1v) is 7.43. The van der Waals surface area contributed by atoms with Crippen molar-refractivity contribution in [2.45, 2.75) is 32.2 Å². The Hall–Kier alpha value is -2.64. The van der Waals surface area contributed by atoms with Crippen LogP contribution < -0.4 is 16.0 Å². The molecule has 0 aliphatic heterocycles. The van der Waals surface area contributed by atoms with Crippen molar-refractivity contribution in [3.05, 3.63) is 24.4 Å². The largest absolute Gasteiger partial charge is 0.481 e. The van der Waals surface area contributed by atoms with Gasteiger partial charge in [0.15, 0.2) is 0 Å². The molecule has 1 heterocycles. The van der Waals surface area contributed by atoms with Gasteiger partial charge < -0.3 is 21.1 Å². The van der Waals surface area contributed by atoms with E-state index >= 15 is 0 Å². The quantitative estimate of drug-likeness (QED) is 0.462. The molecule has 8 heteroatoms. The molecule has 4 N–H and O–H groups in total. The van der Waals surface area contributed by atoms with E-state index in [1.165, 1.54) is 0 Å². The standard InChI is InChI=1S/C15H22N4O4/c1-11(15(23)18-10-7-14(21)22)19-13(20)6-4-9-17-12-5-2-3-8-16-12/h2-3,5,8,11H,4,6-7,9-10H2,1H3,(H,16,17)(H,18,23)(H,19,20)(H,21,22)/t11-/m1/s1. The minimum absolute atomic E-state index is 0.0440. The van der Waals surface area contributed by atoms with Crippen molar-refractivity contribution in [1.82, 2.24) is 15.6 Å². The SMILES string of the molecule is C[C@@H](NC(=O)CCCNc1ccccn1)C(=O)NCCC(=O)O. The minimum Gasteiger partial charge on any atom is -0.481 e. The van der Waals surface area contributed by atoms with Crippen LogP contribution in [0.25, 0.3) is 0 Å². The zero-order chi connectivity index (χ0) is 17.1. The lowest BCUT2D eigenvalue weighted by Crippen LogP contribution is -2.45. The van der Waals surface area contributed by atoms with Gasteiger partial charge in [0, 0.05) is 25.7 Å². The third kappa shape index (κ3) is 8.40. The van der Waals surface area contributed by atoms with Gasteiger partial charge in [-0.05, 0) is 25.5 Å². The molecule has 126 valence electrons. The number of carboxylic acids is 1. The number of amides is 2. The maximum Gasteiger partial charge on any atom is 0.305 e. The molecule has 1 rings (SSSR count). The van der Waals surface area contributed by atoms with E-state index < -0.39 is 17.9 Å². The Balaban J connectivity index is 2.14. The van der Waals surface area contributed by atoms with Crippen LogP contribution in [-0.2, 0) is 14.4 Å². The Kier molecular flexibility index (Phi) is 8.12. The number of carbonyl (C=O) groups excluding carboxylic acids is 2. The summed E-state index contributed by atoms with van der Waals surface area (Å²) in [6, 6.07) is 4.83. The molecule has 0 saturated heterocycles. The smallest absolute Gasteiger partial charge is 0.305 e. The maximum atomic E-state index is 11.7. The number of nitrogens with one attached hydrogen (secondary N) is 3. The lowest BCUT2D eigenvalue weighted by Gasteiger charge is -2.13. The summed E-state index contributed by atoms with van der Waals surface area (Å²) in [7, 11) is 0. The molecule has 23 heavy (non-hydrogen) atoms. The maximum absolute atomic E-state index is 11.7. The predicted molar refractivity (Wildman–Crippen MR) is 84.8 cm³/mol. The fourth-order valence-corrected chi connectivity index (χ4v) is 1.76. The van der Waals surface area contributed by atoms with Gasteiger partial charge in [-0.15, -0.1) is 0 Å². The van der Waals surface area contributed by atoms with Gasteiger partial charge in [-0.2, -0.15) is 0 Å². The topological polar surface area (TPSA) is 120 Å². The van der Waals surface area contributed by atoms with Crippen LogP contribution in [0.5, 0.6) is 0 Å². The van der Waals surface area contributed by atoms with E-state index in [1.807, 2.05) is 18.2 Å². The summed E-state index contributed by atoms with van der Waals surface area (Å²) >= 11 is 0. The minimum atomic E-state index is -0.984. The average Bonchev–Trinajstić information content (AvgIpc) is 2.52. The second-order valence-electron chi connectivity index (χ2n) is 4.97. The number of anilines is 1. The molecular weight excluding hydrogens is 300 g/mol. The molecule has 2 amide bonds. The van der Waals surface area contributed by atoms with Crippen molar-refractivity contribution < 1.29 is 19.5 Å². The second kappa shape index (κ2) is 10.1. The third-order valence-electron chi connectivity index (χ3n) is 2.96. The molecule has 0 spiro atoms. The number of carbonyl (C=O) groups is 3. The number of aliphatic carboxylic acids is 1. The van der Waals surface area contributed by atoms with E-state index in [0.717, 1.165) is 5.82 Å². The average molecular weight is 322 g/mol. The summed E-state index contributed by atoms with van der Waals surface area (Å²) < 4.78 is 0. The van der Waals surface area contributed by atoms with Crippen molar-refractivity contribution >= 4 is 23.6 Å². The first kappa shape index (κ1) is 18.4. The van der Waals surface area contributed by atoms with Crippen LogP contribution in [0.3, 0.4) is 0 Å². The first-order chi connectivity index (χ1) is 11.0. The molecule has 0 aromatic carbocycles. The summed E-state index contributed by atoms with van der Waals surface area (Å²) in [4.78, 5) is 37.8. The molecule has 0 fully saturated rings. The van der Waals surface area contributed by atoms with Crippen molar-refractivity contribution in [2.75, 3.05) is 18.4 Å². The van der Waals surface area contributed by atoms with Crippen LogP contribution in [0, 0.1) is 0 Å². The summed E-state index contributed by atoms with van der Waals surface area (Å²) in [5.41, 5.74) is 0. The fraction of sp³-hybridized carbons (Fsp3) is 0.467. The summed E-state index contributed by atoms with van der Waals surface area (Å²) in [5, 5.41) is 16.6. The molecule has 1 atom stereocenters. The van der Waals surface area contributed by atoms with E-state index in [0.29, 0.717) is 13.0 Å². The molecule has 0 aliphatic rings. The number of hydrogen-bond donors (Lipinski definition) is 4. The van der Waals surface area contributed by atoms with Gasteiger partial charge in [0.2, 0.25) is 11.8 Å². The Morgan fingerprint density at radius 1 is 1.22 bits per heavy atom. The number of nitrogens with zero attached hydrogens (tertiary/aromatic N) is 1. The van der Waals surface area contributed by atoms with E-state index in [9.17, 15) is 14.4 Å². The van der Waals surface area contributed by atoms with Gasteiger partial charge in [-0.1, -0.05) is 6.07 Å². The zero-order valence-corrected chi connectivity index (χ0v) is 13.0. The van der Waals surface area contributed by atoms with Crippen molar-refractivity contribution in [3.63, 3.8) is 0 Å². The Bertz CT molecular complexity index is 521. The van der Waals surface area contributed by atoms with Crippen LogP contribution in [0.1, 0.15) is 26.2 Å². The van der Waals surface area contributed by atoms with Crippen molar-refractivity contribution in [2.24, 2.45) is 0 Å². The summed E-state index contributed by atoms with van der Waals surface area (Å²) in [6.07, 6.45) is 2.42. The normalized spacial score (nSPS) is 11.3. The van der Waals surface area contributed by atoms with Crippen LogP contribution in [0.2, 0.25) is 0 Å². The Labute approximate surface area is 134 Å². The highest BCUT2D eigenvalue weighted by Gasteiger charge is 2.15. The second-order valence-corrected chi connectivity index (χ2v) is 4.97. The van der Waals surface area contributed by atoms with E-state index in [1.54, 1.807) is 13.1 Å². The van der Waals surface area contributed by atoms with Crippen molar-refractivity contribution in [1.29, 1.82) is 0 Å². The highest BCUT2D eigenvalue weighted by Crippen LogP contribution is 2.00.